The van der Waals surface area contributed by atoms with Gasteiger partial charge in [0.1, 0.15) is 12.0 Å². The van der Waals surface area contributed by atoms with Gasteiger partial charge >= 0.3 is 0 Å². The summed E-state index contributed by atoms with van der Waals surface area (Å²) in [7, 11) is 0. The lowest BCUT2D eigenvalue weighted by Crippen LogP contribution is -2.10. The molecule has 4 heteroatoms. The molecule has 27 heavy (non-hydrogen) atoms. The Hall–Kier alpha value is -4.02. The van der Waals surface area contributed by atoms with E-state index in [-0.39, 0.29) is 17.1 Å². The number of hydrogen-bond donors (Lipinski definition) is 0. The van der Waals surface area contributed by atoms with Crippen LogP contribution < -0.4 is 0 Å². The van der Waals surface area contributed by atoms with Gasteiger partial charge in [-0.3, -0.25) is 9.59 Å². The van der Waals surface area contributed by atoms with E-state index in [4.69, 9.17) is 5.26 Å². The maximum Gasteiger partial charge on any atom is 0.203 e. The smallest absolute Gasteiger partial charge is 0.203 e. The molecule has 0 aromatic heterocycles. The largest absolute Gasteiger partial charge is 0.292 e. The molecule has 2 aromatic carbocycles. The molecule has 0 aliphatic carbocycles. The Bertz CT molecular complexity index is 973. The molecule has 0 fully saturated rings. The third-order valence-corrected chi connectivity index (χ3v) is 3.67. The number of Topliss-reactive ketones (excluding diaryl/α,β-unsaturated/α-hetero) is 2. The van der Waals surface area contributed by atoms with E-state index >= 15 is 0 Å². The maximum atomic E-state index is 12.2. The Morgan fingerprint density at radius 3 is 1.96 bits per heavy atom. The molecule has 2 aromatic rings. The number of hydrogen-bond acceptors (Lipinski definition) is 4. The first-order valence-corrected chi connectivity index (χ1v) is 8.21. The fourth-order valence-corrected chi connectivity index (χ4v) is 2.27. The highest BCUT2D eigenvalue weighted by atomic mass is 16.1. The van der Waals surface area contributed by atoms with E-state index in [1.807, 2.05) is 12.1 Å². The maximum absolute atomic E-state index is 12.2. The Balaban J connectivity index is 2.05. The van der Waals surface area contributed by atoms with E-state index in [2.05, 4.69) is 0 Å². The molecule has 130 valence electrons. The summed E-state index contributed by atoms with van der Waals surface area (Å²) < 4.78 is 0. The second-order valence-corrected chi connectivity index (χ2v) is 5.49. The number of carbonyl (C=O) groups excluding carboxylic acids is 2. The zero-order valence-corrected chi connectivity index (χ0v) is 14.4. The average Bonchev–Trinajstić information content (AvgIpc) is 2.74. The molecular weight excluding hydrogens is 336 g/mol. The standard InChI is InChI=1S/C23H16N2O2/c24-16-20(22(26)18-10-4-1-5-11-18)14-8-3-9-15-21(17-25)23(27)19-12-6-2-7-13-19/h1-15,20H. The number of ketones is 2. The first-order chi connectivity index (χ1) is 13.2. The van der Waals surface area contributed by atoms with Crippen molar-refractivity contribution in [3.8, 4) is 12.1 Å². The van der Waals surface area contributed by atoms with Crippen LogP contribution in [0.3, 0.4) is 0 Å². The summed E-state index contributed by atoms with van der Waals surface area (Å²) in [5, 5.41) is 18.4. The van der Waals surface area contributed by atoms with Crippen LogP contribution in [0.5, 0.6) is 0 Å². The van der Waals surface area contributed by atoms with Gasteiger partial charge in [0.15, 0.2) is 5.78 Å². The third-order valence-electron chi connectivity index (χ3n) is 3.67. The fourth-order valence-electron chi connectivity index (χ4n) is 2.27. The summed E-state index contributed by atoms with van der Waals surface area (Å²) in [6, 6.07) is 21.0. The number of nitriles is 2. The van der Waals surface area contributed by atoms with E-state index in [1.165, 1.54) is 18.2 Å². The lowest BCUT2D eigenvalue weighted by Gasteiger charge is -2.02. The van der Waals surface area contributed by atoms with Crippen LogP contribution in [0.2, 0.25) is 0 Å². The van der Waals surface area contributed by atoms with Crippen molar-refractivity contribution in [3.63, 3.8) is 0 Å². The van der Waals surface area contributed by atoms with Gasteiger partial charge in [0.25, 0.3) is 0 Å². The van der Waals surface area contributed by atoms with E-state index < -0.39 is 5.92 Å². The Kier molecular flexibility index (Phi) is 7.21. The highest BCUT2D eigenvalue weighted by molar-refractivity contribution is 6.11. The van der Waals surface area contributed by atoms with Crippen LogP contribution in [0.15, 0.2) is 96.6 Å². The van der Waals surface area contributed by atoms with Gasteiger partial charge in [-0.15, -0.1) is 0 Å². The van der Waals surface area contributed by atoms with Crippen molar-refractivity contribution in [2.45, 2.75) is 0 Å². The number of nitrogens with zero attached hydrogens (tertiary/aromatic N) is 2. The molecule has 0 bridgehead atoms. The molecule has 0 saturated carbocycles. The molecule has 1 atom stereocenters. The first kappa shape index (κ1) is 19.3. The molecule has 0 heterocycles. The summed E-state index contributed by atoms with van der Waals surface area (Å²) in [6.07, 6.45) is 7.52. The molecule has 0 N–H and O–H groups in total. The minimum atomic E-state index is -0.901. The molecule has 4 nitrogen and oxygen atoms in total. The van der Waals surface area contributed by atoms with Gasteiger partial charge in [0.05, 0.1) is 11.6 Å². The molecule has 0 saturated heterocycles. The Labute approximate surface area is 158 Å². The van der Waals surface area contributed by atoms with Crippen molar-refractivity contribution in [3.05, 3.63) is 108 Å². The molecule has 0 aliphatic rings. The molecule has 0 aliphatic heterocycles. The summed E-state index contributed by atoms with van der Waals surface area (Å²) in [4.78, 5) is 24.5. The first-order valence-electron chi connectivity index (χ1n) is 8.21. The molecule has 0 spiro atoms. The van der Waals surface area contributed by atoms with Gasteiger partial charge in [-0.2, -0.15) is 10.5 Å². The number of allylic oxidation sites excluding steroid dienone is 6. The van der Waals surface area contributed by atoms with Crippen molar-refractivity contribution in [2.24, 2.45) is 5.92 Å². The second kappa shape index (κ2) is 10.1. The van der Waals surface area contributed by atoms with Crippen LogP contribution in [0.1, 0.15) is 20.7 Å². The zero-order valence-electron chi connectivity index (χ0n) is 14.4. The molecule has 0 amide bonds. The number of carbonyl (C=O) groups is 2. The quantitative estimate of drug-likeness (QED) is 0.319. The van der Waals surface area contributed by atoms with E-state index in [0.29, 0.717) is 11.1 Å². The van der Waals surface area contributed by atoms with Gasteiger partial charge < -0.3 is 0 Å². The van der Waals surface area contributed by atoms with Crippen molar-refractivity contribution in [2.75, 3.05) is 0 Å². The number of rotatable bonds is 7. The molecule has 2 rings (SSSR count). The van der Waals surface area contributed by atoms with Gasteiger partial charge in [0, 0.05) is 11.1 Å². The van der Waals surface area contributed by atoms with Crippen molar-refractivity contribution in [1.82, 2.24) is 0 Å². The predicted molar refractivity (Wildman–Crippen MR) is 103 cm³/mol. The molecular formula is C23H16N2O2. The van der Waals surface area contributed by atoms with E-state index in [0.717, 1.165) is 0 Å². The van der Waals surface area contributed by atoms with Crippen LogP contribution in [0.4, 0.5) is 0 Å². The second-order valence-electron chi connectivity index (χ2n) is 5.49. The van der Waals surface area contributed by atoms with Crippen LogP contribution in [-0.4, -0.2) is 11.6 Å². The monoisotopic (exact) mass is 352 g/mol. The molecule has 0 radical (unpaired) electrons. The van der Waals surface area contributed by atoms with Crippen LogP contribution in [0, 0.1) is 28.6 Å². The van der Waals surface area contributed by atoms with Crippen LogP contribution >= 0.6 is 0 Å². The van der Waals surface area contributed by atoms with Crippen molar-refractivity contribution < 1.29 is 9.59 Å². The fraction of sp³-hybridized carbons (Fsp3) is 0.0435. The summed E-state index contributed by atoms with van der Waals surface area (Å²) >= 11 is 0. The lowest BCUT2D eigenvalue weighted by atomic mass is 9.98. The lowest BCUT2D eigenvalue weighted by molar-refractivity contribution is 0.0967. The van der Waals surface area contributed by atoms with Gasteiger partial charge in [0.2, 0.25) is 5.78 Å². The SMILES string of the molecule is N#CC(=CC=CC=CC(C#N)C(=O)c1ccccc1)C(=O)c1ccccc1. The topological polar surface area (TPSA) is 81.7 Å². The zero-order chi connectivity index (χ0) is 19.5. The summed E-state index contributed by atoms with van der Waals surface area (Å²) in [5.41, 5.74) is 0.910. The Morgan fingerprint density at radius 2 is 1.41 bits per heavy atom. The Morgan fingerprint density at radius 1 is 0.815 bits per heavy atom. The van der Waals surface area contributed by atoms with Gasteiger partial charge in [-0.05, 0) is 6.08 Å². The normalized spacial score (nSPS) is 12.4. The van der Waals surface area contributed by atoms with Crippen molar-refractivity contribution >= 4 is 11.6 Å². The highest BCUT2D eigenvalue weighted by Gasteiger charge is 2.15. The van der Waals surface area contributed by atoms with Gasteiger partial charge in [-0.1, -0.05) is 85.0 Å². The highest BCUT2D eigenvalue weighted by Crippen LogP contribution is 2.10. The minimum absolute atomic E-state index is 0.00282. The number of benzene rings is 2. The van der Waals surface area contributed by atoms with Crippen LogP contribution in [-0.2, 0) is 0 Å². The van der Waals surface area contributed by atoms with Crippen LogP contribution in [0.25, 0.3) is 0 Å². The third kappa shape index (κ3) is 5.49. The summed E-state index contributed by atoms with van der Waals surface area (Å²) in [5.74, 6) is -1.54. The molecule has 1 unspecified atom stereocenters. The predicted octanol–water partition coefficient (Wildman–Crippen LogP) is 4.45. The van der Waals surface area contributed by atoms with E-state index in [1.54, 1.807) is 72.8 Å². The summed E-state index contributed by atoms with van der Waals surface area (Å²) in [6.45, 7) is 0. The average molecular weight is 352 g/mol. The minimum Gasteiger partial charge on any atom is -0.292 e. The van der Waals surface area contributed by atoms with Gasteiger partial charge in [-0.25, -0.2) is 0 Å². The van der Waals surface area contributed by atoms with E-state index in [9.17, 15) is 14.9 Å². The van der Waals surface area contributed by atoms with Crippen molar-refractivity contribution in [1.29, 1.82) is 10.5 Å².